The molecule has 0 atom stereocenters. The molecule has 0 bridgehead atoms. The first-order chi connectivity index (χ1) is 11.9. The molecule has 124 valence electrons. The summed E-state index contributed by atoms with van der Waals surface area (Å²) < 4.78 is 0. The topological polar surface area (TPSA) is 56.8 Å². The van der Waals surface area contributed by atoms with Crippen LogP contribution in [0.1, 0.15) is 24.8 Å². The zero-order valence-electron chi connectivity index (χ0n) is 13.8. The Balaban J connectivity index is 1.39. The Morgan fingerprint density at radius 1 is 1.08 bits per heavy atom. The molecule has 1 aliphatic rings. The molecule has 1 fully saturated rings. The molecule has 0 aliphatic carbocycles. The first kappa shape index (κ1) is 15.0. The summed E-state index contributed by atoms with van der Waals surface area (Å²) in [5, 5.41) is 4.66. The number of nitrogens with zero attached hydrogens (tertiary/aromatic N) is 3. The second-order valence-corrected chi connectivity index (χ2v) is 6.32. The molecular weight excluding hydrogens is 298 g/mol. The first-order valence-electron chi connectivity index (χ1n) is 8.77. The van der Waals surface area contributed by atoms with Crippen LogP contribution in [-0.2, 0) is 6.42 Å². The Bertz CT molecular complexity index is 804. The predicted octanol–water partition coefficient (Wildman–Crippen LogP) is 3.60. The lowest BCUT2D eigenvalue weighted by molar-refractivity contribution is 0.573. The molecule has 0 amide bonds. The molecule has 0 unspecified atom stereocenters. The zero-order valence-corrected chi connectivity index (χ0v) is 13.8. The molecular formula is C19H23N5. The van der Waals surface area contributed by atoms with E-state index in [4.69, 9.17) is 0 Å². The van der Waals surface area contributed by atoms with Crippen molar-refractivity contribution in [1.82, 2.24) is 15.0 Å². The third-order valence-corrected chi connectivity index (χ3v) is 4.67. The summed E-state index contributed by atoms with van der Waals surface area (Å²) in [5.41, 5.74) is 2.51. The average molecular weight is 321 g/mol. The van der Waals surface area contributed by atoms with Gasteiger partial charge in [0.15, 0.2) is 0 Å². The number of nitrogens with one attached hydrogen (secondary N) is 2. The minimum atomic E-state index is 0.720. The van der Waals surface area contributed by atoms with Gasteiger partial charge in [-0.3, -0.25) is 0 Å². The Morgan fingerprint density at radius 3 is 2.88 bits per heavy atom. The van der Waals surface area contributed by atoms with Gasteiger partial charge in [0.1, 0.15) is 5.82 Å². The Kier molecular flexibility index (Phi) is 4.32. The molecule has 0 spiro atoms. The molecule has 5 nitrogen and oxygen atoms in total. The second kappa shape index (κ2) is 6.91. The van der Waals surface area contributed by atoms with Gasteiger partial charge in [-0.2, -0.15) is 4.98 Å². The van der Waals surface area contributed by atoms with E-state index >= 15 is 0 Å². The molecule has 24 heavy (non-hydrogen) atoms. The van der Waals surface area contributed by atoms with Crippen LogP contribution in [0.3, 0.4) is 0 Å². The average Bonchev–Trinajstić information content (AvgIpc) is 3.06. The van der Waals surface area contributed by atoms with Crippen molar-refractivity contribution in [2.75, 3.05) is 29.9 Å². The highest BCUT2D eigenvalue weighted by atomic mass is 15.2. The number of aromatic nitrogens is 3. The van der Waals surface area contributed by atoms with Gasteiger partial charge in [-0.1, -0.05) is 18.2 Å². The molecule has 1 saturated heterocycles. The number of aromatic amines is 1. The van der Waals surface area contributed by atoms with Crippen LogP contribution in [0.25, 0.3) is 10.9 Å². The van der Waals surface area contributed by atoms with Crippen LogP contribution in [-0.4, -0.2) is 34.6 Å². The van der Waals surface area contributed by atoms with Gasteiger partial charge >= 0.3 is 0 Å². The van der Waals surface area contributed by atoms with Crippen molar-refractivity contribution in [2.24, 2.45) is 0 Å². The van der Waals surface area contributed by atoms with E-state index in [0.29, 0.717) is 0 Å². The van der Waals surface area contributed by atoms with E-state index in [1.807, 2.05) is 12.3 Å². The maximum Gasteiger partial charge on any atom is 0.224 e. The van der Waals surface area contributed by atoms with Crippen LogP contribution < -0.4 is 10.2 Å². The quantitative estimate of drug-likeness (QED) is 0.754. The number of H-pyrrole nitrogens is 1. The monoisotopic (exact) mass is 321 g/mol. The summed E-state index contributed by atoms with van der Waals surface area (Å²) >= 11 is 0. The summed E-state index contributed by atoms with van der Waals surface area (Å²) in [6.07, 6.45) is 8.74. The van der Waals surface area contributed by atoms with E-state index in [9.17, 15) is 0 Å². The lowest BCUT2D eigenvalue weighted by atomic mass is 10.1. The van der Waals surface area contributed by atoms with Gasteiger partial charge < -0.3 is 15.2 Å². The second-order valence-electron chi connectivity index (χ2n) is 6.32. The fraction of sp³-hybridized carbons (Fsp3) is 0.368. The molecule has 5 heteroatoms. The van der Waals surface area contributed by atoms with Gasteiger partial charge in [0.05, 0.1) is 0 Å². The van der Waals surface area contributed by atoms with Gasteiger partial charge in [0, 0.05) is 42.9 Å². The van der Waals surface area contributed by atoms with Crippen molar-refractivity contribution in [2.45, 2.75) is 25.7 Å². The lowest BCUT2D eigenvalue weighted by Gasteiger charge is -2.27. The Labute approximate surface area is 142 Å². The smallest absolute Gasteiger partial charge is 0.224 e. The molecule has 3 heterocycles. The van der Waals surface area contributed by atoms with Crippen molar-refractivity contribution in [3.05, 3.63) is 48.3 Å². The van der Waals surface area contributed by atoms with Crippen molar-refractivity contribution < 1.29 is 0 Å². The summed E-state index contributed by atoms with van der Waals surface area (Å²) in [4.78, 5) is 14.7. The molecule has 1 aromatic carbocycles. The molecule has 0 radical (unpaired) electrons. The summed E-state index contributed by atoms with van der Waals surface area (Å²) in [7, 11) is 0. The number of benzene rings is 1. The van der Waals surface area contributed by atoms with Gasteiger partial charge in [-0.25, -0.2) is 4.98 Å². The van der Waals surface area contributed by atoms with Crippen molar-refractivity contribution in [1.29, 1.82) is 0 Å². The first-order valence-corrected chi connectivity index (χ1v) is 8.77. The SMILES string of the molecule is c1ccc2c(CCNc3nccc(N4CCCCC4)n3)c[nH]c2c1. The number of rotatable bonds is 5. The van der Waals surface area contributed by atoms with E-state index in [2.05, 4.69) is 55.6 Å². The minimum absolute atomic E-state index is 0.720. The number of hydrogen-bond acceptors (Lipinski definition) is 4. The van der Waals surface area contributed by atoms with Gasteiger partial charge in [0.2, 0.25) is 5.95 Å². The largest absolute Gasteiger partial charge is 0.361 e. The van der Waals surface area contributed by atoms with Gasteiger partial charge in [0.25, 0.3) is 0 Å². The van der Waals surface area contributed by atoms with E-state index in [1.165, 1.54) is 35.7 Å². The van der Waals surface area contributed by atoms with Crippen LogP contribution in [0, 0.1) is 0 Å². The Hall–Kier alpha value is -2.56. The van der Waals surface area contributed by atoms with Crippen LogP contribution in [0.5, 0.6) is 0 Å². The van der Waals surface area contributed by atoms with E-state index in [-0.39, 0.29) is 0 Å². The molecule has 1 aliphatic heterocycles. The van der Waals surface area contributed by atoms with E-state index in [1.54, 1.807) is 0 Å². The van der Waals surface area contributed by atoms with Crippen molar-refractivity contribution >= 4 is 22.7 Å². The van der Waals surface area contributed by atoms with Crippen molar-refractivity contribution in [3.63, 3.8) is 0 Å². The van der Waals surface area contributed by atoms with Gasteiger partial charge in [-0.15, -0.1) is 0 Å². The van der Waals surface area contributed by atoms with Crippen LogP contribution >= 0.6 is 0 Å². The third kappa shape index (κ3) is 3.20. The van der Waals surface area contributed by atoms with Crippen LogP contribution in [0.4, 0.5) is 11.8 Å². The van der Waals surface area contributed by atoms with Crippen LogP contribution in [0.15, 0.2) is 42.7 Å². The highest BCUT2D eigenvalue weighted by Crippen LogP contribution is 2.19. The molecule has 0 saturated carbocycles. The normalized spacial score (nSPS) is 14.9. The van der Waals surface area contributed by atoms with Crippen LogP contribution in [0.2, 0.25) is 0 Å². The zero-order chi connectivity index (χ0) is 16.2. The fourth-order valence-electron chi connectivity index (χ4n) is 3.38. The number of fused-ring (bicyclic) bond motifs is 1. The summed E-state index contributed by atoms with van der Waals surface area (Å²) in [6.45, 7) is 3.03. The van der Waals surface area contributed by atoms with Crippen molar-refractivity contribution in [3.8, 4) is 0 Å². The minimum Gasteiger partial charge on any atom is -0.361 e. The number of anilines is 2. The van der Waals surface area contributed by atoms with E-state index < -0.39 is 0 Å². The predicted molar refractivity (Wildman–Crippen MR) is 98.6 cm³/mol. The fourth-order valence-corrected chi connectivity index (χ4v) is 3.38. The maximum absolute atomic E-state index is 4.67. The highest BCUT2D eigenvalue weighted by Gasteiger charge is 2.12. The third-order valence-electron chi connectivity index (χ3n) is 4.67. The van der Waals surface area contributed by atoms with Gasteiger partial charge in [-0.05, 0) is 43.4 Å². The number of piperidine rings is 1. The summed E-state index contributed by atoms with van der Waals surface area (Å²) in [6, 6.07) is 10.4. The maximum atomic E-state index is 4.67. The standard InChI is InChI=1S/C19H23N5/c1-4-12-24(13-5-1)18-9-11-21-19(23-18)20-10-8-15-14-22-17-7-3-2-6-16(15)17/h2-3,6-7,9,11,14,22H,1,4-5,8,10,12-13H2,(H,20,21,23). The molecule has 3 aromatic rings. The molecule has 2 N–H and O–H groups in total. The highest BCUT2D eigenvalue weighted by molar-refractivity contribution is 5.83. The molecule has 4 rings (SSSR count). The number of para-hydroxylation sites is 1. The summed E-state index contributed by atoms with van der Waals surface area (Å²) in [5.74, 6) is 1.76. The number of hydrogen-bond donors (Lipinski definition) is 2. The van der Waals surface area contributed by atoms with E-state index in [0.717, 1.165) is 37.8 Å². The molecule has 2 aromatic heterocycles. The lowest BCUT2D eigenvalue weighted by Crippen LogP contribution is -2.30. The Morgan fingerprint density at radius 2 is 1.96 bits per heavy atom.